The number of nitrogens with two attached hydrogens (primary N) is 1. The van der Waals surface area contributed by atoms with Crippen LogP contribution in [-0.4, -0.2) is 26.3 Å². The SMILES string of the molecule is COc1ccc(C(=O)c2ccc(CC(C)(c3ccccc3)S(N)(=O)=O)[nH]2)cc1. The summed E-state index contributed by atoms with van der Waals surface area (Å²) in [6.07, 6.45) is 0.117. The molecule has 0 aliphatic heterocycles. The summed E-state index contributed by atoms with van der Waals surface area (Å²) < 4.78 is 28.5. The Morgan fingerprint density at radius 2 is 1.68 bits per heavy atom. The average Bonchev–Trinajstić information content (AvgIpc) is 3.15. The maximum atomic E-state index is 12.7. The van der Waals surface area contributed by atoms with Gasteiger partial charge in [-0.05, 0) is 48.9 Å². The first-order valence-electron chi connectivity index (χ1n) is 8.69. The molecule has 3 rings (SSSR count). The van der Waals surface area contributed by atoms with Gasteiger partial charge in [0, 0.05) is 17.7 Å². The fourth-order valence-electron chi connectivity index (χ4n) is 3.09. The Labute approximate surface area is 164 Å². The van der Waals surface area contributed by atoms with E-state index in [2.05, 4.69) is 4.98 Å². The summed E-state index contributed by atoms with van der Waals surface area (Å²) in [5, 5.41) is 5.56. The van der Waals surface area contributed by atoms with Crippen LogP contribution in [0.15, 0.2) is 66.7 Å². The van der Waals surface area contributed by atoms with Crippen LogP contribution in [0.4, 0.5) is 0 Å². The van der Waals surface area contributed by atoms with Crippen molar-refractivity contribution in [3.05, 3.63) is 89.2 Å². The molecule has 1 atom stereocenters. The molecule has 0 radical (unpaired) electrons. The van der Waals surface area contributed by atoms with Crippen LogP contribution in [0.5, 0.6) is 5.75 Å². The predicted molar refractivity (Wildman–Crippen MR) is 108 cm³/mol. The van der Waals surface area contributed by atoms with Crippen molar-refractivity contribution in [3.63, 3.8) is 0 Å². The first-order chi connectivity index (χ1) is 13.2. The maximum absolute atomic E-state index is 12.7. The normalized spacial score (nSPS) is 13.7. The van der Waals surface area contributed by atoms with Crippen molar-refractivity contribution < 1.29 is 17.9 Å². The first-order valence-corrected chi connectivity index (χ1v) is 10.2. The van der Waals surface area contributed by atoms with Crippen molar-refractivity contribution in [1.29, 1.82) is 0 Å². The standard InChI is InChI=1S/C21H22N2O4S/c1-21(28(22,25)26,16-6-4-3-5-7-16)14-17-10-13-19(23-17)20(24)15-8-11-18(27-2)12-9-15/h3-13,23H,14H2,1-2H3,(H2,22,25,26). The van der Waals surface area contributed by atoms with Gasteiger partial charge in [0.2, 0.25) is 15.8 Å². The Balaban J connectivity index is 1.89. The Morgan fingerprint density at radius 1 is 1.04 bits per heavy atom. The molecule has 146 valence electrons. The maximum Gasteiger partial charge on any atom is 0.219 e. The van der Waals surface area contributed by atoms with Crippen molar-refractivity contribution in [2.45, 2.75) is 18.1 Å². The van der Waals surface area contributed by atoms with Gasteiger partial charge in [0.25, 0.3) is 0 Å². The van der Waals surface area contributed by atoms with Crippen LogP contribution < -0.4 is 9.88 Å². The predicted octanol–water partition coefficient (Wildman–Crippen LogP) is 3.00. The third-order valence-electron chi connectivity index (χ3n) is 4.88. The van der Waals surface area contributed by atoms with E-state index in [9.17, 15) is 13.2 Å². The largest absolute Gasteiger partial charge is 0.497 e. The lowest BCUT2D eigenvalue weighted by atomic mass is 9.95. The van der Waals surface area contributed by atoms with Crippen LogP contribution in [0.3, 0.4) is 0 Å². The minimum Gasteiger partial charge on any atom is -0.497 e. The van der Waals surface area contributed by atoms with Crippen molar-refractivity contribution in [1.82, 2.24) is 4.98 Å². The Morgan fingerprint density at radius 3 is 2.25 bits per heavy atom. The van der Waals surface area contributed by atoms with Gasteiger partial charge in [-0.25, -0.2) is 13.6 Å². The molecule has 6 nitrogen and oxygen atoms in total. The lowest BCUT2D eigenvalue weighted by Gasteiger charge is -2.27. The molecular weight excluding hydrogens is 376 g/mol. The quantitative estimate of drug-likeness (QED) is 0.597. The summed E-state index contributed by atoms with van der Waals surface area (Å²) in [7, 11) is -2.35. The third-order valence-corrected chi connectivity index (χ3v) is 6.52. The van der Waals surface area contributed by atoms with Gasteiger partial charge in [-0.3, -0.25) is 4.79 Å². The topological polar surface area (TPSA) is 102 Å². The summed E-state index contributed by atoms with van der Waals surface area (Å²) >= 11 is 0. The highest BCUT2D eigenvalue weighted by Gasteiger charge is 2.39. The molecule has 0 bridgehead atoms. The molecule has 0 saturated heterocycles. The van der Waals surface area contributed by atoms with Crippen LogP contribution in [0.25, 0.3) is 0 Å². The molecule has 0 saturated carbocycles. The zero-order valence-corrected chi connectivity index (χ0v) is 16.5. The van der Waals surface area contributed by atoms with Gasteiger partial charge >= 0.3 is 0 Å². The number of ether oxygens (including phenoxy) is 1. The molecule has 7 heteroatoms. The lowest BCUT2D eigenvalue weighted by Crippen LogP contribution is -2.40. The molecule has 0 fully saturated rings. The second kappa shape index (κ2) is 7.61. The van der Waals surface area contributed by atoms with Crippen LogP contribution in [0.1, 0.15) is 34.2 Å². The van der Waals surface area contributed by atoms with Crippen molar-refractivity contribution >= 4 is 15.8 Å². The Hall–Kier alpha value is -2.90. The summed E-state index contributed by atoms with van der Waals surface area (Å²) in [5.74, 6) is 0.474. The van der Waals surface area contributed by atoms with E-state index in [0.717, 1.165) is 0 Å². The molecule has 1 aromatic heterocycles. The van der Waals surface area contributed by atoms with Gasteiger partial charge in [0.1, 0.15) is 10.5 Å². The summed E-state index contributed by atoms with van der Waals surface area (Å²) in [5.41, 5.74) is 2.09. The molecule has 2 aromatic carbocycles. The fourth-order valence-corrected chi connectivity index (χ4v) is 3.92. The van der Waals surface area contributed by atoms with E-state index in [1.165, 1.54) is 0 Å². The Kier molecular flexibility index (Phi) is 5.40. The zero-order chi connectivity index (χ0) is 20.4. The lowest BCUT2D eigenvalue weighted by molar-refractivity contribution is 0.103. The highest BCUT2D eigenvalue weighted by molar-refractivity contribution is 7.90. The van der Waals surface area contributed by atoms with Crippen LogP contribution in [-0.2, 0) is 21.2 Å². The summed E-state index contributed by atoms with van der Waals surface area (Å²) in [6.45, 7) is 1.59. The van der Waals surface area contributed by atoms with E-state index in [1.54, 1.807) is 74.7 Å². The highest BCUT2D eigenvalue weighted by Crippen LogP contribution is 2.32. The molecular formula is C21H22N2O4S. The Bertz CT molecular complexity index is 1070. The van der Waals surface area contributed by atoms with E-state index in [0.29, 0.717) is 28.3 Å². The monoisotopic (exact) mass is 398 g/mol. The average molecular weight is 398 g/mol. The number of primary sulfonamides is 1. The molecule has 1 unspecified atom stereocenters. The smallest absolute Gasteiger partial charge is 0.219 e. The number of H-pyrrole nitrogens is 1. The van der Waals surface area contributed by atoms with Gasteiger partial charge in [0.15, 0.2) is 0 Å². The van der Waals surface area contributed by atoms with E-state index < -0.39 is 14.8 Å². The second-order valence-electron chi connectivity index (χ2n) is 6.77. The van der Waals surface area contributed by atoms with E-state index >= 15 is 0 Å². The number of methoxy groups -OCH3 is 1. The number of ketones is 1. The fraction of sp³-hybridized carbons (Fsp3) is 0.190. The molecule has 0 spiro atoms. The zero-order valence-electron chi connectivity index (χ0n) is 15.7. The van der Waals surface area contributed by atoms with E-state index in [4.69, 9.17) is 9.88 Å². The molecule has 3 N–H and O–H groups in total. The van der Waals surface area contributed by atoms with Crippen molar-refractivity contribution in [2.24, 2.45) is 5.14 Å². The summed E-state index contributed by atoms with van der Waals surface area (Å²) in [4.78, 5) is 15.7. The van der Waals surface area contributed by atoms with Gasteiger partial charge in [-0.15, -0.1) is 0 Å². The number of carbonyl (C=O) groups excluding carboxylic acids is 1. The number of aromatic amines is 1. The molecule has 28 heavy (non-hydrogen) atoms. The van der Waals surface area contributed by atoms with Crippen molar-refractivity contribution in [2.75, 3.05) is 7.11 Å². The molecule has 0 aliphatic carbocycles. The molecule has 0 amide bonds. The second-order valence-corrected chi connectivity index (χ2v) is 8.76. The number of rotatable bonds is 7. The summed E-state index contributed by atoms with van der Waals surface area (Å²) in [6, 6.07) is 19.0. The number of hydrogen-bond donors (Lipinski definition) is 2. The number of hydrogen-bond acceptors (Lipinski definition) is 4. The van der Waals surface area contributed by atoms with Crippen LogP contribution in [0.2, 0.25) is 0 Å². The number of carbonyl (C=O) groups is 1. The first kappa shape index (κ1) is 19.9. The van der Waals surface area contributed by atoms with Gasteiger partial charge < -0.3 is 9.72 Å². The van der Waals surface area contributed by atoms with Crippen LogP contribution in [0, 0.1) is 0 Å². The molecule has 0 aliphatic rings. The van der Waals surface area contributed by atoms with Crippen LogP contribution >= 0.6 is 0 Å². The van der Waals surface area contributed by atoms with Crippen molar-refractivity contribution in [3.8, 4) is 5.75 Å². The number of aromatic nitrogens is 1. The van der Waals surface area contributed by atoms with E-state index in [-0.39, 0.29) is 12.2 Å². The van der Waals surface area contributed by atoms with Gasteiger partial charge in [-0.2, -0.15) is 0 Å². The molecule has 3 aromatic rings. The van der Waals surface area contributed by atoms with Gasteiger partial charge in [-0.1, -0.05) is 30.3 Å². The number of benzene rings is 2. The van der Waals surface area contributed by atoms with E-state index in [1.807, 2.05) is 6.07 Å². The minimum absolute atomic E-state index is 0.117. The van der Waals surface area contributed by atoms with Gasteiger partial charge in [0.05, 0.1) is 12.8 Å². The number of nitrogens with one attached hydrogen (secondary N) is 1. The third kappa shape index (κ3) is 3.85. The minimum atomic E-state index is -3.91. The highest BCUT2D eigenvalue weighted by atomic mass is 32.2. The number of sulfonamides is 1. The molecule has 1 heterocycles.